The van der Waals surface area contributed by atoms with Crippen molar-refractivity contribution in [3.63, 3.8) is 0 Å². The van der Waals surface area contributed by atoms with Gasteiger partial charge in [0.1, 0.15) is 29.7 Å². The third kappa shape index (κ3) is 7.18. The van der Waals surface area contributed by atoms with Crippen molar-refractivity contribution in [2.45, 2.75) is 39.0 Å². The van der Waals surface area contributed by atoms with E-state index in [4.69, 9.17) is 14.6 Å². The zero-order valence-corrected chi connectivity index (χ0v) is 23.3. The molecular formula is C31H36N6O3. The molecule has 0 unspecified atom stereocenters. The number of hydrogen-bond donors (Lipinski definition) is 2. The van der Waals surface area contributed by atoms with E-state index in [1.165, 1.54) is 12.8 Å². The SMILES string of the molecule is CC(C)(C)c1cc(NC(=O)Nc2ccc(Oc3ccncc3)cc2)n(-c2ccc(OCCN3CCCC3)cc2)n1. The summed E-state index contributed by atoms with van der Waals surface area (Å²) in [6, 6.07) is 20.1. The molecule has 0 spiro atoms. The van der Waals surface area contributed by atoms with Crippen LogP contribution in [0.4, 0.5) is 16.3 Å². The predicted octanol–water partition coefficient (Wildman–Crippen LogP) is 6.48. The van der Waals surface area contributed by atoms with Crippen LogP contribution in [0.1, 0.15) is 39.3 Å². The van der Waals surface area contributed by atoms with Crippen LogP contribution in [0.2, 0.25) is 0 Å². The highest BCUT2D eigenvalue weighted by Crippen LogP contribution is 2.28. The summed E-state index contributed by atoms with van der Waals surface area (Å²) in [6.07, 6.45) is 5.89. The van der Waals surface area contributed by atoms with Crippen LogP contribution in [-0.2, 0) is 5.41 Å². The van der Waals surface area contributed by atoms with Gasteiger partial charge in [0.05, 0.1) is 11.4 Å². The Morgan fingerprint density at radius 2 is 1.52 bits per heavy atom. The molecule has 2 aromatic carbocycles. The summed E-state index contributed by atoms with van der Waals surface area (Å²) in [7, 11) is 0. The molecule has 40 heavy (non-hydrogen) atoms. The molecule has 9 nitrogen and oxygen atoms in total. The molecule has 1 fully saturated rings. The van der Waals surface area contributed by atoms with Crippen LogP contribution in [0.25, 0.3) is 5.69 Å². The maximum Gasteiger partial charge on any atom is 0.324 e. The third-order valence-electron chi connectivity index (χ3n) is 6.67. The first-order chi connectivity index (χ1) is 19.3. The number of pyridine rings is 1. The molecular weight excluding hydrogens is 504 g/mol. The maximum absolute atomic E-state index is 13.0. The molecule has 1 aliphatic rings. The summed E-state index contributed by atoms with van der Waals surface area (Å²) >= 11 is 0. The molecule has 4 aromatic rings. The first-order valence-corrected chi connectivity index (χ1v) is 13.7. The minimum atomic E-state index is -0.369. The number of likely N-dealkylation sites (tertiary alicyclic amines) is 1. The summed E-state index contributed by atoms with van der Waals surface area (Å²) in [5.41, 5.74) is 2.14. The molecule has 3 heterocycles. The number of ether oxygens (including phenoxy) is 2. The number of carbonyl (C=O) groups excluding carboxylic acids is 1. The van der Waals surface area contributed by atoms with Gasteiger partial charge in [0.2, 0.25) is 0 Å². The number of nitrogens with one attached hydrogen (secondary N) is 2. The van der Waals surface area contributed by atoms with Crippen LogP contribution in [0.5, 0.6) is 17.2 Å². The summed E-state index contributed by atoms with van der Waals surface area (Å²) < 4.78 is 13.5. The average molecular weight is 541 g/mol. The van der Waals surface area contributed by atoms with Crippen molar-refractivity contribution in [1.29, 1.82) is 0 Å². The van der Waals surface area contributed by atoms with Crippen molar-refractivity contribution in [1.82, 2.24) is 19.7 Å². The molecule has 0 aliphatic carbocycles. The van der Waals surface area contributed by atoms with Crippen LogP contribution in [-0.4, -0.2) is 51.9 Å². The van der Waals surface area contributed by atoms with Crippen LogP contribution in [0, 0.1) is 0 Å². The van der Waals surface area contributed by atoms with E-state index < -0.39 is 0 Å². The van der Waals surface area contributed by atoms with Gasteiger partial charge in [0, 0.05) is 36.1 Å². The van der Waals surface area contributed by atoms with Gasteiger partial charge in [0.25, 0.3) is 0 Å². The number of anilines is 2. The van der Waals surface area contributed by atoms with E-state index in [9.17, 15) is 4.79 Å². The van der Waals surface area contributed by atoms with Crippen LogP contribution in [0.3, 0.4) is 0 Å². The summed E-state index contributed by atoms with van der Waals surface area (Å²) in [5.74, 6) is 2.74. The molecule has 0 bridgehead atoms. The molecule has 2 aromatic heterocycles. The van der Waals surface area contributed by atoms with Crippen LogP contribution in [0.15, 0.2) is 79.1 Å². The summed E-state index contributed by atoms with van der Waals surface area (Å²) in [5, 5.41) is 10.7. The first kappa shape index (κ1) is 27.2. The van der Waals surface area contributed by atoms with Gasteiger partial charge in [-0.3, -0.25) is 15.2 Å². The first-order valence-electron chi connectivity index (χ1n) is 13.7. The van der Waals surface area contributed by atoms with Crippen LogP contribution < -0.4 is 20.1 Å². The van der Waals surface area contributed by atoms with Gasteiger partial charge in [0.15, 0.2) is 0 Å². The van der Waals surface area contributed by atoms with Crippen molar-refractivity contribution in [2.75, 3.05) is 36.9 Å². The lowest BCUT2D eigenvalue weighted by Gasteiger charge is -2.15. The molecule has 0 saturated carbocycles. The Bertz CT molecular complexity index is 1390. The lowest BCUT2D eigenvalue weighted by molar-refractivity contribution is 0.238. The second-order valence-electron chi connectivity index (χ2n) is 10.9. The van der Waals surface area contributed by atoms with E-state index in [1.807, 2.05) is 30.3 Å². The van der Waals surface area contributed by atoms with Gasteiger partial charge < -0.3 is 14.8 Å². The second-order valence-corrected chi connectivity index (χ2v) is 10.9. The van der Waals surface area contributed by atoms with Gasteiger partial charge in [-0.1, -0.05) is 20.8 Å². The zero-order valence-electron chi connectivity index (χ0n) is 23.3. The van der Waals surface area contributed by atoms with Gasteiger partial charge in [-0.15, -0.1) is 0 Å². The molecule has 0 atom stereocenters. The van der Waals surface area contributed by atoms with Crippen molar-refractivity contribution in [2.24, 2.45) is 0 Å². The van der Waals surface area contributed by atoms with Gasteiger partial charge in [-0.25, -0.2) is 9.48 Å². The predicted molar refractivity (Wildman–Crippen MR) is 157 cm³/mol. The van der Waals surface area contributed by atoms with Crippen molar-refractivity contribution in [3.8, 4) is 22.9 Å². The standard InChI is InChI=1S/C31H36N6O3/c1-31(2,3)28-22-29(34-30(38)33-23-6-10-26(11-7-23)40-27-14-16-32-17-15-27)37(35-28)24-8-12-25(13-9-24)39-21-20-36-18-4-5-19-36/h6-17,22H,4-5,18-21H2,1-3H3,(H2,33,34,38). The lowest BCUT2D eigenvalue weighted by Crippen LogP contribution is -2.25. The van der Waals surface area contributed by atoms with E-state index in [1.54, 1.807) is 53.5 Å². The number of urea groups is 1. The Kier molecular flexibility index (Phi) is 8.31. The number of amides is 2. The number of carbonyl (C=O) groups is 1. The number of aromatic nitrogens is 3. The fraction of sp³-hybridized carbons (Fsp3) is 0.323. The molecule has 9 heteroatoms. The van der Waals surface area contributed by atoms with E-state index in [-0.39, 0.29) is 11.4 Å². The highest BCUT2D eigenvalue weighted by molar-refractivity contribution is 5.99. The topological polar surface area (TPSA) is 93.5 Å². The lowest BCUT2D eigenvalue weighted by atomic mass is 9.92. The van der Waals surface area contributed by atoms with E-state index in [0.717, 1.165) is 36.8 Å². The monoisotopic (exact) mass is 540 g/mol. The van der Waals surface area contributed by atoms with Gasteiger partial charge in [-0.05, 0) is 86.6 Å². The molecule has 2 N–H and O–H groups in total. The second kappa shape index (κ2) is 12.2. The fourth-order valence-electron chi connectivity index (χ4n) is 4.44. The van der Waals surface area contributed by atoms with E-state index in [0.29, 0.717) is 29.6 Å². The Morgan fingerprint density at radius 3 is 2.20 bits per heavy atom. The molecule has 2 amide bonds. The Hall–Kier alpha value is -4.37. The Labute approximate surface area is 235 Å². The van der Waals surface area contributed by atoms with Crippen molar-refractivity contribution < 1.29 is 14.3 Å². The number of rotatable bonds is 9. The van der Waals surface area contributed by atoms with E-state index >= 15 is 0 Å². The number of hydrogen-bond acceptors (Lipinski definition) is 6. The zero-order chi connectivity index (χ0) is 28.0. The molecule has 1 aliphatic heterocycles. The molecule has 5 rings (SSSR count). The Balaban J connectivity index is 1.24. The number of nitrogens with zero attached hydrogens (tertiary/aromatic N) is 4. The minimum Gasteiger partial charge on any atom is -0.492 e. The molecule has 208 valence electrons. The maximum atomic E-state index is 13.0. The van der Waals surface area contributed by atoms with E-state index in [2.05, 4.69) is 41.3 Å². The largest absolute Gasteiger partial charge is 0.492 e. The Morgan fingerprint density at radius 1 is 0.875 bits per heavy atom. The number of benzene rings is 2. The quantitative estimate of drug-likeness (QED) is 0.253. The highest BCUT2D eigenvalue weighted by atomic mass is 16.5. The minimum absolute atomic E-state index is 0.193. The molecule has 1 saturated heterocycles. The molecule has 0 radical (unpaired) electrons. The summed E-state index contributed by atoms with van der Waals surface area (Å²) in [4.78, 5) is 19.4. The van der Waals surface area contributed by atoms with Gasteiger partial charge in [-0.2, -0.15) is 5.10 Å². The smallest absolute Gasteiger partial charge is 0.324 e. The third-order valence-corrected chi connectivity index (χ3v) is 6.67. The van der Waals surface area contributed by atoms with Gasteiger partial charge >= 0.3 is 6.03 Å². The van der Waals surface area contributed by atoms with Crippen molar-refractivity contribution >= 4 is 17.5 Å². The van der Waals surface area contributed by atoms with Crippen LogP contribution >= 0.6 is 0 Å². The highest BCUT2D eigenvalue weighted by Gasteiger charge is 2.22. The summed E-state index contributed by atoms with van der Waals surface area (Å²) in [6.45, 7) is 10.2. The fourth-order valence-corrected chi connectivity index (χ4v) is 4.44. The van der Waals surface area contributed by atoms with Crippen molar-refractivity contribution in [3.05, 3.63) is 84.8 Å². The normalized spacial score (nSPS) is 13.7. The average Bonchev–Trinajstić information content (AvgIpc) is 3.61.